The molecule has 0 spiro atoms. The number of aryl methyl sites for hydroxylation is 1. The monoisotopic (exact) mass is 232 g/mol. The molecule has 82 valence electrons. The summed E-state index contributed by atoms with van der Waals surface area (Å²) in [4.78, 5) is 3.95. The zero-order valence-electron chi connectivity index (χ0n) is 9.02. The molecule has 0 aliphatic heterocycles. The first-order chi connectivity index (χ1) is 7.68. The van der Waals surface area contributed by atoms with Crippen LogP contribution in [0.15, 0.2) is 42.7 Å². The molecule has 1 aromatic carbocycles. The molecule has 2 nitrogen and oxygen atoms in total. The SMILES string of the molecule is Cc1cccc(C(N)c2ccncc2Cl)c1. The highest BCUT2D eigenvalue weighted by Crippen LogP contribution is 2.25. The van der Waals surface area contributed by atoms with Gasteiger partial charge < -0.3 is 5.73 Å². The van der Waals surface area contributed by atoms with Gasteiger partial charge in [0.1, 0.15) is 0 Å². The first-order valence-corrected chi connectivity index (χ1v) is 5.48. The second kappa shape index (κ2) is 4.64. The fraction of sp³-hybridized carbons (Fsp3) is 0.154. The Balaban J connectivity index is 2.39. The molecule has 0 bridgehead atoms. The second-order valence-electron chi connectivity index (χ2n) is 3.79. The fourth-order valence-corrected chi connectivity index (χ4v) is 1.92. The van der Waals surface area contributed by atoms with Crippen molar-refractivity contribution < 1.29 is 0 Å². The lowest BCUT2D eigenvalue weighted by Gasteiger charge is -2.14. The van der Waals surface area contributed by atoms with Crippen molar-refractivity contribution >= 4 is 11.6 Å². The van der Waals surface area contributed by atoms with Crippen LogP contribution >= 0.6 is 11.6 Å². The van der Waals surface area contributed by atoms with Crippen molar-refractivity contribution in [3.8, 4) is 0 Å². The summed E-state index contributed by atoms with van der Waals surface area (Å²) in [7, 11) is 0. The Bertz CT molecular complexity index is 497. The van der Waals surface area contributed by atoms with Crippen LogP contribution in [-0.2, 0) is 0 Å². The van der Waals surface area contributed by atoms with E-state index in [-0.39, 0.29) is 6.04 Å². The van der Waals surface area contributed by atoms with E-state index in [2.05, 4.69) is 11.1 Å². The lowest BCUT2D eigenvalue weighted by Crippen LogP contribution is -2.12. The van der Waals surface area contributed by atoms with Gasteiger partial charge in [0.2, 0.25) is 0 Å². The molecule has 1 heterocycles. The third-order valence-corrected chi connectivity index (χ3v) is 2.86. The zero-order chi connectivity index (χ0) is 11.5. The Hall–Kier alpha value is -1.38. The molecule has 0 saturated heterocycles. The maximum absolute atomic E-state index is 6.17. The van der Waals surface area contributed by atoms with Crippen LogP contribution in [0, 0.1) is 6.92 Å². The van der Waals surface area contributed by atoms with E-state index >= 15 is 0 Å². The van der Waals surface area contributed by atoms with Gasteiger partial charge >= 0.3 is 0 Å². The first-order valence-electron chi connectivity index (χ1n) is 5.10. The van der Waals surface area contributed by atoms with E-state index in [9.17, 15) is 0 Å². The minimum Gasteiger partial charge on any atom is -0.320 e. The third kappa shape index (κ3) is 2.23. The molecule has 0 aliphatic carbocycles. The molecule has 1 aromatic heterocycles. The van der Waals surface area contributed by atoms with Crippen molar-refractivity contribution in [3.05, 3.63) is 64.4 Å². The number of benzene rings is 1. The molecule has 2 rings (SSSR count). The number of hydrogen-bond donors (Lipinski definition) is 1. The molecule has 3 heteroatoms. The summed E-state index contributed by atoms with van der Waals surface area (Å²) >= 11 is 6.07. The van der Waals surface area contributed by atoms with Gasteiger partial charge in [0.05, 0.1) is 11.1 Å². The van der Waals surface area contributed by atoms with E-state index in [0.29, 0.717) is 5.02 Å². The van der Waals surface area contributed by atoms with Gasteiger partial charge in [-0.2, -0.15) is 0 Å². The van der Waals surface area contributed by atoms with E-state index in [4.69, 9.17) is 17.3 Å². The predicted molar refractivity (Wildman–Crippen MR) is 66.5 cm³/mol. The molecule has 0 radical (unpaired) electrons. The average molecular weight is 233 g/mol. The number of nitrogens with two attached hydrogens (primary N) is 1. The summed E-state index contributed by atoms with van der Waals surface area (Å²) < 4.78 is 0. The maximum Gasteiger partial charge on any atom is 0.0640 e. The second-order valence-corrected chi connectivity index (χ2v) is 4.20. The van der Waals surface area contributed by atoms with Crippen LogP contribution in [0.1, 0.15) is 22.7 Å². The molecule has 16 heavy (non-hydrogen) atoms. The average Bonchev–Trinajstić information content (AvgIpc) is 2.29. The van der Waals surface area contributed by atoms with Gasteiger partial charge in [-0.15, -0.1) is 0 Å². The van der Waals surface area contributed by atoms with Crippen LogP contribution in [0.3, 0.4) is 0 Å². The van der Waals surface area contributed by atoms with Crippen molar-refractivity contribution in [3.63, 3.8) is 0 Å². The van der Waals surface area contributed by atoms with Crippen molar-refractivity contribution in [2.75, 3.05) is 0 Å². The Kier molecular flexibility index (Phi) is 3.22. The molecular weight excluding hydrogens is 220 g/mol. The summed E-state index contributed by atoms with van der Waals surface area (Å²) in [6.07, 6.45) is 3.32. The highest BCUT2D eigenvalue weighted by molar-refractivity contribution is 6.31. The minimum absolute atomic E-state index is 0.199. The van der Waals surface area contributed by atoms with Crippen molar-refractivity contribution in [1.29, 1.82) is 0 Å². The first kappa shape index (κ1) is 11.1. The van der Waals surface area contributed by atoms with Gasteiger partial charge in [0.15, 0.2) is 0 Å². The Morgan fingerprint density at radius 1 is 1.31 bits per heavy atom. The number of nitrogens with zero attached hydrogens (tertiary/aromatic N) is 1. The molecule has 0 aliphatic rings. The molecule has 1 unspecified atom stereocenters. The Labute approximate surface area is 100 Å². The van der Waals surface area contributed by atoms with Crippen molar-refractivity contribution in [2.24, 2.45) is 5.73 Å². The zero-order valence-corrected chi connectivity index (χ0v) is 9.78. The lowest BCUT2D eigenvalue weighted by molar-refractivity contribution is 0.866. The molecule has 1 atom stereocenters. The van der Waals surface area contributed by atoms with Crippen LogP contribution in [0.4, 0.5) is 0 Å². The van der Waals surface area contributed by atoms with Crippen molar-refractivity contribution in [1.82, 2.24) is 4.98 Å². The van der Waals surface area contributed by atoms with Crippen LogP contribution in [0.2, 0.25) is 5.02 Å². The quantitative estimate of drug-likeness (QED) is 0.864. The maximum atomic E-state index is 6.17. The Morgan fingerprint density at radius 3 is 2.81 bits per heavy atom. The van der Waals surface area contributed by atoms with Gasteiger partial charge in [-0.25, -0.2) is 0 Å². The minimum atomic E-state index is -0.199. The van der Waals surface area contributed by atoms with Gasteiger partial charge in [0.25, 0.3) is 0 Å². The highest BCUT2D eigenvalue weighted by Gasteiger charge is 2.11. The summed E-state index contributed by atoms with van der Waals surface area (Å²) in [5.41, 5.74) is 9.33. The van der Waals surface area contributed by atoms with Gasteiger partial charge in [0, 0.05) is 12.4 Å². The summed E-state index contributed by atoms with van der Waals surface area (Å²) in [5.74, 6) is 0. The number of pyridine rings is 1. The van der Waals surface area contributed by atoms with E-state index in [1.165, 1.54) is 5.56 Å². The fourth-order valence-electron chi connectivity index (χ4n) is 1.68. The summed E-state index contributed by atoms with van der Waals surface area (Å²) in [6.45, 7) is 2.05. The third-order valence-electron chi connectivity index (χ3n) is 2.54. The molecule has 2 aromatic rings. The topological polar surface area (TPSA) is 38.9 Å². The van der Waals surface area contributed by atoms with E-state index in [1.807, 2.05) is 31.2 Å². The molecule has 0 amide bonds. The predicted octanol–water partition coefficient (Wildman–Crippen LogP) is 3.09. The molecule has 2 N–H and O–H groups in total. The van der Waals surface area contributed by atoms with Crippen LogP contribution in [0.5, 0.6) is 0 Å². The van der Waals surface area contributed by atoms with Gasteiger partial charge in [-0.3, -0.25) is 4.98 Å². The number of aromatic nitrogens is 1. The van der Waals surface area contributed by atoms with Crippen LogP contribution in [0.25, 0.3) is 0 Å². The summed E-state index contributed by atoms with van der Waals surface area (Å²) in [6, 6.07) is 9.78. The molecular formula is C13H13ClN2. The van der Waals surface area contributed by atoms with E-state index < -0.39 is 0 Å². The van der Waals surface area contributed by atoms with Crippen LogP contribution in [-0.4, -0.2) is 4.98 Å². The van der Waals surface area contributed by atoms with E-state index in [0.717, 1.165) is 11.1 Å². The highest BCUT2D eigenvalue weighted by atomic mass is 35.5. The van der Waals surface area contributed by atoms with Gasteiger partial charge in [-0.05, 0) is 24.1 Å². The number of hydrogen-bond acceptors (Lipinski definition) is 2. The normalized spacial score (nSPS) is 12.4. The summed E-state index contributed by atoms with van der Waals surface area (Å²) in [5, 5.41) is 0.608. The molecule has 0 saturated carbocycles. The lowest BCUT2D eigenvalue weighted by atomic mass is 9.99. The standard InChI is InChI=1S/C13H13ClN2/c1-9-3-2-4-10(7-9)13(15)11-5-6-16-8-12(11)14/h2-8,13H,15H2,1H3. The van der Waals surface area contributed by atoms with Gasteiger partial charge in [-0.1, -0.05) is 41.4 Å². The smallest absolute Gasteiger partial charge is 0.0640 e. The number of rotatable bonds is 2. The number of halogens is 1. The van der Waals surface area contributed by atoms with E-state index in [1.54, 1.807) is 12.4 Å². The largest absolute Gasteiger partial charge is 0.320 e. The van der Waals surface area contributed by atoms with Crippen molar-refractivity contribution in [2.45, 2.75) is 13.0 Å². The van der Waals surface area contributed by atoms with Crippen LogP contribution < -0.4 is 5.73 Å². The molecule has 0 fully saturated rings. The Morgan fingerprint density at radius 2 is 2.12 bits per heavy atom.